The predicted octanol–water partition coefficient (Wildman–Crippen LogP) is 2.02. The zero-order valence-corrected chi connectivity index (χ0v) is 16.0. The molecule has 3 rings (SSSR count). The number of hydrogen-bond donors (Lipinski definition) is 1. The highest BCUT2D eigenvalue weighted by Gasteiger charge is 2.26. The van der Waals surface area contributed by atoms with Gasteiger partial charge >= 0.3 is 0 Å². The number of nitrogens with one attached hydrogen (secondary N) is 1. The van der Waals surface area contributed by atoms with Gasteiger partial charge in [-0.1, -0.05) is 15.9 Å². The van der Waals surface area contributed by atoms with Crippen LogP contribution in [0.5, 0.6) is 0 Å². The van der Waals surface area contributed by atoms with E-state index in [2.05, 4.69) is 26.3 Å². The summed E-state index contributed by atoms with van der Waals surface area (Å²) in [6, 6.07) is 5.43. The van der Waals surface area contributed by atoms with Gasteiger partial charge in [0.1, 0.15) is 12.2 Å². The van der Waals surface area contributed by atoms with Gasteiger partial charge in [-0.2, -0.15) is 5.10 Å². The maximum atomic E-state index is 12.6. The molecular weight excluding hydrogens is 408 g/mol. The Kier molecular flexibility index (Phi) is 4.96. The van der Waals surface area contributed by atoms with Gasteiger partial charge < -0.3 is 10.2 Å². The SMILES string of the molecule is Cc1cc(NC(=O)Cn2ncc3c(c2=O)N(C)C(=O)CS3)ccc1Br. The predicted molar refractivity (Wildman–Crippen MR) is 100 cm³/mol. The van der Waals surface area contributed by atoms with Crippen molar-refractivity contribution < 1.29 is 9.59 Å². The molecule has 1 N–H and O–H groups in total. The van der Waals surface area contributed by atoms with Crippen molar-refractivity contribution >= 4 is 50.9 Å². The number of rotatable bonds is 3. The first-order valence-corrected chi connectivity index (χ1v) is 9.20. The third kappa shape index (κ3) is 3.62. The fraction of sp³-hybridized carbons (Fsp3) is 0.250. The Hall–Kier alpha value is -2.13. The van der Waals surface area contributed by atoms with E-state index in [1.165, 1.54) is 22.9 Å². The van der Waals surface area contributed by atoms with Gasteiger partial charge in [0.25, 0.3) is 5.56 Å². The van der Waals surface area contributed by atoms with Crippen LogP contribution in [0, 0.1) is 6.92 Å². The van der Waals surface area contributed by atoms with Crippen LogP contribution in [0.4, 0.5) is 11.4 Å². The average Bonchev–Trinajstić information content (AvgIpc) is 2.57. The van der Waals surface area contributed by atoms with E-state index < -0.39 is 5.56 Å². The molecule has 25 heavy (non-hydrogen) atoms. The molecule has 0 radical (unpaired) electrons. The lowest BCUT2D eigenvalue weighted by Crippen LogP contribution is -2.40. The van der Waals surface area contributed by atoms with Crippen molar-refractivity contribution in [3.8, 4) is 0 Å². The summed E-state index contributed by atoms with van der Waals surface area (Å²) >= 11 is 4.68. The summed E-state index contributed by atoms with van der Waals surface area (Å²) in [6.45, 7) is 1.69. The molecular formula is C16H15BrN4O3S. The van der Waals surface area contributed by atoms with Gasteiger partial charge in [-0.25, -0.2) is 4.68 Å². The molecule has 0 fully saturated rings. The normalized spacial score (nSPS) is 13.6. The van der Waals surface area contributed by atoms with E-state index in [9.17, 15) is 14.4 Å². The number of benzene rings is 1. The average molecular weight is 423 g/mol. The number of anilines is 2. The van der Waals surface area contributed by atoms with Crippen molar-refractivity contribution in [2.24, 2.45) is 0 Å². The number of hydrogen-bond acceptors (Lipinski definition) is 5. The molecule has 9 heteroatoms. The summed E-state index contributed by atoms with van der Waals surface area (Å²) < 4.78 is 2.01. The number of thioether (sulfide) groups is 1. The first-order chi connectivity index (χ1) is 11.9. The van der Waals surface area contributed by atoms with E-state index in [1.807, 2.05) is 19.1 Å². The smallest absolute Gasteiger partial charge is 0.292 e. The standard InChI is InChI=1S/C16H15BrN4O3S/c1-9-5-10(3-4-11(9)17)19-13(22)7-21-16(24)15-12(6-18-21)25-8-14(23)20(15)2/h3-6H,7-8H2,1-2H3,(H,19,22). The van der Waals surface area contributed by atoms with Crippen LogP contribution in [0.1, 0.15) is 5.56 Å². The van der Waals surface area contributed by atoms with Gasteiger partial charge in [0.05, 0.1) is 16.8 Å². The zero-order chi connectivity index (χ0) is 18.1. The highest BCUT2D eigenvalue weighted by Crippen LogP contribution is 2.30. The Balaban J connectivity index is 1.81. The quantitative estimate of drug-likeness (QED) is 0.817. The van der Waals surface area contributed by atoms with Crippen LogP contribution in [-0.2, 0) is 16.1 Å². The summed E-state index contributed by atoms with van der Waals surface area (Å²) in [5, 5.41) is 6.78. The molecule has 7 nitrogen and oxygen atoms in total. The molecule has 1 aliphatic heterocycles. The molecule has 2 aromatic rings. The highest BCUT2D eigenvalue weighted by molar-refractivity contribution is 9.10. The molecule has 0 bridgehead atoms. The van der Waals surface area contributed by atoms with E-state index in [0.717, 1.165) is 14.7 Å². The molecule has 0 saturated heterocycles. The van der Waals surface area contributed by atoms with Crippen LogP contribution < -0.4 is 15.8 Å². The van der Waals surface area contributed by atoms with E-state index in [-0.39, 0.29) is 29.8 Å². The minimum Gasteiger partial charge on any atom is -0.324 e. The molecule has 0 unspecified atom stereocenters. The van der Waals surface area contributed by atoms with Gasteiger partial charge in [-0.3, -0.25) is 14.4 Å². The topological polar surface area (TPSA) is 84.3 Å². The second-order valence-corrected chi connectivity index (χ2v) is 7.45. The largest absolute Gasteiger partial charge is 0.324 e. The summed E-state index contributed by atoms with van der Waals surface area (Å²) in [4.78, 5) is 38.6. The molecule has 0 spiro atoms. The van der Waals surface area contributed by atoms with E-state index in [1.54, 1.807) is 13.1 Å². The number of amides is 2. The minimum absolute atomic E-state index is 0.151. The molecule has 0 saturated carbocycles. The molecule has 1 aliphatic rings. The monoisotopic (exact) mass is 422 g/mol. The van der Waals surface area contributed by atoms with Crippen molar-refractivity contribution in [2.45, 2.75) is 18.4 Å². The Morgan fingerprint density at radius 2 is 2.16 bits per heavy atom. The lowest BCUT2D eigenvalue weighted by molar-refractivity contribution is -0.117. The van der Waals surface area contributed by atoms with Gasteiger partial charge in [0.15, 0.2) is 0 Å². The van der Waals surface area contributed by atoms with Gasteiger partial charge in [-0.15, -0.1) is 11.8 Å². The minimum atomic E-state index is -0.456. The van der Waals surface area contributed by atoms with Crippen LogP contribution in [0.25, 0.3) is 0 Å². The number of carbonyl (C=O) groups excluding carboxylic acids is 2. The van der Waals surface area contributed by atoms with Crippen molar-refractivity contribution in [1.29, 1.82) is 0 Å². The third-order valence-corrected chi connectivity index (χ3v) is 5.67. The van der Waals surface area contributed by atoms with E-state index >= 15 is 0 Å². The molecule has 1 aromatic carbocycles. The van der Waals surface area contributed by atoms with Crippen LogP contribution in [0.2, 0.25) is 0 Å². The maximum Gasteiger partial charge on any atom is 0.292 e. The van der Waals surface area contributed by atoms with Crippen molar-refractivity contribution in [3.05, 3.63) is 44.8 Å². The molecule has 1 aromatic heterocycles. The number of nitrogens with zero attached hydrogens (tertiary/aromatic N) is 3. The maximum absolute atomic E-state index is 12.6. The summed E-state index contributed by atoms with van der Waals surface area (Å²) in [7, 11) is 1.55. The van der Waals surface area contributed by atoms with E-state index in [0.29, 0.717) is 10.6 Å². The van der Waals surface area contributed by atoms with Crippen LogP contribution in [0.15, 0.2) is 38.6 Å². The summed E-state index contributed by atoms with van der Waals surface area (Å²) in [5.41, 5.74) is 1.44. The fourth-order valence-electron chi connectivity index (χ4n) is 2.41. The van der Waals surface area contributed by atoms with Crippen LogP contribution in [0.3, 0.4) is 0 Å². The number of aromatic nitrogens is 2. The molecule has 2 amide bonds. The Bertz CT molecular complexity index is 928. The molecule has 0 aliphatic carbocycles. The van der Waals surface area contributed by atoms with Crippen LogP contribution >= 0.6 is 27.7 Å². The number of fused-ring (bicyclic) bond motifs is 1. The van der Waals surface area contributed by atoms with Crippen LogP contribution in [-0.4, -0.2) is 34.4 Å². The molecule has 130 valence electrons. The fourth-order valence-corrected chi connectivity index (χ4v) is 3.61. The first kappa shape index (κ1) is 17.7. The van der Waals surface area contributed by atoms with Gasteiger partial charge in [0, 0.05) is 17.2 Å². The lowest BCUT2D eigenvalue weighted by atomic mass is 10.2. The first-order valence-electron chi connectivity index (χ1n) is 7.42. The van der Waals surface area contributed by atoms with Crippen molar-refractivity contribution in [3.63, 3.8) is 0 Å². The number of halogens is 1. The Morgan fingerprint density at radius 1 is 1.40 bits per heavy atom. The van der Waals surface area contributed by atoms with E-state index in [4.69, 9.17) is 0 Å². The Labute approximate surface area is 156 Å². The van der Waals surface area contributed by atoms with Gasteiger partial charge in [0.2, 0.25) is 11.8 Å². The Morgan fingerprint density at radius 3 is 2.88 bits per heavy atom. The zero-order valence-electron chi connectivity index (χ0n) is 13.6. The summed E-state index contributed by atoms with van der Waals surface area (Å²) in [5.74, 6) is -0.242. The van der Waals surface area contributed by atoms with Crippen molar-refractivity contribution in [1.82, 2.24) is 9.78 Å². The summed E-state index contributed by atoms with van der Waals surface area (Å²) in [6.07, 6.45) is 1.52. The molecule has 2 heterocycles. The number of aryl methyl sites for hydroxylation is 1. The van der Waals surface area contributed by atoms with Gasteiger partial charge in [-0.05, 0) is 30.7 Å². The van der Waals surface area contributed by atoms with Crippen molar-refractivity contribution in [2.75, 3.05) is 23.0 Å². The lowest BCUT2D eigenvalue weighted by Gasteiger charge is -2.24. The highest BCUT2D eigenvalue weighted by atomic mass is 79.9. The third-order valence-electron chi connectivity index (χ3n) is 3.78. The second kappa shape index (κ2) is 7.01. The molecule has 0 atom stereocenters. The number of carbonyl (C=O) groups is 2. The second-order valence-electron chi connectivity index (χ2n) is 5.57.